The lowest BCUT2D eigenvalue weighted by Gasteiger charge is -2.30. The molecule has 4 aromatic heterocycles. The molecule has 0 bridgehead atoms. The zero-order chi connectivity index (χ0) is 43.0. The second-order valence-corrected chi connectivity index (χ2v) is 17.1. The Labute approximate surface area is 364 Å². The zero-order valence-electron chi connectivity index (χ0n) is 34.6. The average molecular weight is 876 g/mol. The minimum atomic E-state index is -0.455. The molecule has 322 valence electrons. The Morgan fingerprint density at radius 2 is 1.16 bits per heavy atom. The van der Waals surface area contributed by atoms with Crippen LogP contribution in [-0.4, -0.2) is 68.3 Å². The highest BCUT2D eigenvalue weighted by atomic mass is 35.5. The molecule has 0 radical (unpaired) electrons. The number of allylic oxidation sites excluding steroid dienone is 2. The van der Waals surface area contributed by atoms with Crippen LogP contribution in [0.15, 0.2) is 49.1 Å². The number of carbonyl (C=O) groups excluding carboxylic acids is 2. The summed E-state index contributed by atoms with van der Waals surface area (Å²) in [7, 11) is 1.56. The Morgan fingerprint density at radius 3 is 1.64 bits per heavy atom. The number of carbonyl (C=O) groups is 2. The van der Waals surface area contributed by atoms with Crippen LogP contribution in [0, 0.1) is 35.3 Å². The quantitative estimate of drug-likeness (QED) is 0.0995. The Kier molecular flexibility index (Phi) is 14.9. The minimum absolute atomic E-state index is 0.0120. The molecule has 4 heterocycles. The number of pyridine rings is 2. The number of rotatable bonds is 12. The molecule has 4 atom stereocenters. The van der Waals surface area contributed by atoms with E-state index in [4.69, 9.17) is 37.4 Å². The fourth-order valence-electron chi connectivity index (χ4n) is 8.79. The van der Waals surface area contributed by atoms with Crippen molar-refractivity contribution in [3.8, 4) is 0 Å². The molecule has 4 aromatic rings. The number of methoxy groups -OCH3 is 1. The van der Waals surface area contributed by atoms with Gasteiger partial charge in [0.2, 0.25) is 0 Å². The van der Waals surface area contributed by atoms with Crippen molar-refractivity contribution in [3.63, 3.8) is 0 Å². The number of hydrogen-bond acceptors (Lipinski definition) is 11. The van der Waals surface area contributed by atoms with E-state index in [1.807, 2.05) is 38.1 Å². The predicted octanol–water partition coefficient (Wildman–Crippen LogP) is 9.14. The molecule has 0 spiro atoms. The Bertz CT molecular complexity index is 2310. The van der Waals surface area contributed by atoms with Gasteiger partial charge in [-0.3, -0.25) is 19.6 Å². The molecule has 0 aliphatic heterocycles. The molecule has 2 fully saturated rings. The number of halogens is 4. The Hall–Kier alpha value is -4.72. The number of aromatic nitrogens is 6. The van der Waals surface area contributed by atoms with Crippen molar-refractivity contribution in [2.75, 3.05) is 20.3 Å². The molecular weight excluding hydrogens is 825 g/mol. The van der Waals surface area contributed by atoms with Gasteiger partial charge in [-0.05, 0) is 76.3 Å². The second kappa shape index (κ2) is 20.4. The number of esters is 2. The normalized spacial score (nSPS) is 20.5. The molecule has 2 saturated carbocycles. The average Bonchev–Trinajstić information content (AvgIpc) is 3.87. The van der Waals surface area contributed by atoms with Gasteiger partial charge < -0.3 is 14.2 Å². The van der Waals surface area contributed by atoms with Gasteiger partial charge in [-0.25, -0.2) is 28.7 Å². The van der Waals surface area contributed by atoms with Gasteiger partial charge in [0.25, 0.3) is 0 Å². The summed E-state index contributed by atoms with van der Waals surface area (Å²) in [4.78, 5) is 51.4. The van der Waals surface area contributed by atoms with Gasteiger partial charge in [-0.1, -0.05) is 61.0 Å². The van der Waals surface area contributed by atoms with E-state index >= 15 is 0 Å². The number of nitrogens with zero attached hydrogens (tertiary/aromatic N) is 6. The van der Waals surface area contributed by atoms with Crippen molar-refractivity contribution >= 4 is 46.3 Å². The maximum absolute atomic E-state index is 14.6. The zero-order valence-corrected chi connectivity index (χ0v) is 36.2. The number of ether oxygens (including phenoxy) is 3. The first-order chi connectivity index (χ1) is 29.5. The second-order valence-electron chi connectivity index (χ2n) is 16.3. The molecule has 4 aliphatic carbocycles. The van der Waals surface area contributed by atoms with E-state index in [-0.39, 0.29) is 48.3 Å². The minimum Gasteiger partial charge on any atom is -0.463 e. The molecule has 0 saturated heterocycles. The van der Waals surface area contributed by atoms with Crippen LogP contribution in [0.2, 0.25) is 10.0 Å². The van der Waals surface area contributed by atoms with E-state index in [1.54, 1.807) is 19.5 Å². The smallest absolute Gasteiger partial charge is 0.309 e. The fourth-order valence-corrected chi connectivity index (χ4v) is 9.11. The molecule has 0 amide bonds. The highest BCUT2D eigenvalue weighted by molar-refractivity contribution is 6.31. The van der Waals surface area contributed by atoms with Gasteiger partial charge in [0.05, 0.1) is 69.8 Å². The van der Waals surface area contributed by atoms with E-state index in [2.05, 4.69) is 29.9 Å². The fraction of sp³-hybridized carbons (Fsp3) is 0.478. The summed E-state index contributed by atoms with van der Waals surface area (Å²) in [5.74, 6) is -0.855. The first-order valence-corrected chi connectivity index (χ1v) is 21.8. The topological polar surface area (TPSA) is 139 Å². The van der Waals surface area contributed by atoms with Crippen molar-refractivity contribution in [2.45, 2.75) is 97.0 Å². The van der Waals surface area contributed by atoms with Crippen molar-refractivity contribution in [2.24, 2.45) is 23.7 Å². The van der Waals surface area contributed by atoms with Crippen LogP contribution in [0.5, 0.6) is 0 Å². The summed E-state index contributed by atoms with van der Waals surface area (Å²) in [5.41, 5.74) is 5.88. The lowest BCUT2D eigenvalue weighted by Crippen LogP contribution is -2.32. The SMILES string of the molecule is CC(C)OC(=O)[C@@H]1CCCC[C@H]1Cc1nc(C2=CCc3ncc(Cl)cc32)ncc1F.COCCOC(=O)[C@H]1CCCC[C@@H]1Cc1nc(C2=CCc3ncc(Cl)cc32)ncc1F. The molecule has 4 aliphatic rings. The summed E-state index contributed by atoms with van der Waals surface area (Å²) in [6.07, 6.45) is 18.8. The molecule has 0 unspecified atom stereocenters. The summed E-state index contributed by atoms with van der Waals surface area (Å²) in [6, 6.07) is 3.68. The Morgan fingerprint density at radius 1 is 0.689 bits per heavy atom. The first kappa shape index (κ1) is 44.3. The van der Waals surface area contributed by atoms with Crippen LogP contribution >= 0.6 is 23.2 Å². The molecule has 0 aromatic carbocycles. The standard InChI is InChI=1S/C23H25ClFN3O3.C23H25ClFN3O2/c1-30-8-9-31-23(29)16-5-3-2-4-14(16)10-21-19(25)13-27-22(28-21)17-6-7-20-18(17)11-15(24)12-26-20;1-13(2)30-23(29)16-6-4-3-5-14(16)9-21-19(25)12-27-22(28-21)17-7-8-20-18(17)10-15(24)11-26-20/h6,11-14,16H,2-5,7-10H2,1H3;7,10-14,16H,3-6,8-9H2,1-2H3/t2*14-,16+/m10/s1. The van der Waals surface area contributed by atoms with Gasteiger partial charge >= 0.3 is 11.9 Å². The van der Waals surface area contributed by atoms with E-state index in [9.17, 15) is 18.4 Å². The molecule has 0 N–H and O–H groups in total. The molecule has 15 heteroatoms. The van der Waals surface area contributed by atoms with Crippen LogP contribution in [0.25, 0.3) is 11.1 Å². The van der Waals surface area contributed by atoms with Gasteiger partial charge in [0.1, 0.15) is 6.61 Å². The molecule has 8 rings (SSSR count). The van der Waals surface area contributed by atoms with Crippen LogP contribution in [-0.2, 0) is 49.5 Å². The molecule has 11 nitrogen and oxygen atoms in total. The van der Waals surface area contributed by atoms with Crippen molar-refractivity contribution in [1.82, 2.24) is 29.9 Å². The molecule has 61 heavy (non-hydrogen) atoms. The highest BCUT2D eigenvalue weighted by Gasteiger charge is 2.35. The largest absolute Gasteiger partial charge is 0.463 e. The summed E-state index contributed by atoms with van der Waals surface area (Å²) >= 11 is 12.2. The van der Waals surface area contributed by atoms with Crippen LogP contribution in [0.4, 0.5) is 8.78 Å². The monoisotopic (exact) mass is 874 g/mol. The number of fused-ring (bicyclic) bond motifs is 2. The maximum Gasteiger partial charge on any atom is 0.309 e. The third-order valence-corrected chi connectivity index (χ3v) is 12.2. The first-order valence-electron chi connectivity index (χ1n) is 21.1. The van der Waals surface area contributed by atoms with Gasteiger partial charge in [0.15, 0.2) is 23.3 Å². The van der Waals surface area contributed by atoms with E-state index < -0.39 is 11.6 Å². The van der Waals surface area contributed by atoms with Crippen molar-refractivity contribution in [3.05, 3.63) is 116 Å². The predicted molar refractivity (Wildman–Crippen MR) is 226 cm³/mol. The summed E-state index contributed by atoms with van der Waals surface area (Å²) < 4.78 is 45.0. The van der Waals surface area contributed by atoms with Crippen molar-refractivity contribution in [1.29, 1.82) is 0 Å². The van der Waals surface area contributed by atoms with Gasteiger partial charge in [-0.15, -0.1) is 0 Å². The van der Waals surface area contributed by atoms with Gasteiger partial charge in [0, 0.05) is 54.6 Å². The summed E-state index contributed by atoms with van der Waals surface area (Å²) in [6.45, 7) is 4.29. The van der Waals surface area contributed by atoms with Crippen molar-refractivity contribution < 1.29 is 32.6 Å². The number of hydrogen-bond donors (Lipinski definition) is 0. The van der Waals surface area contributed by atoms with E-state index in [1.165, 1.54) is 12.4 Å². The third kappa shape index (κ3) is 10.8. The highest BCUT2D eigenvalue weighted by Crippen LogP contribution is 2.37. The lowest BCUT2D eigenvalue weighted by atomic mass is 9.77. The van der Waals surface area contributed by atoms with Crippen LogP contribution < -0.4 is 0 Å². The molecular formula is C46H50Cl2F2N6O5. The summed E-state index contributed by atoms with van der Waals surface area (Å²) in [5, 5.41) is 1.07. The van der Waals surface area contributed by atoms with Gasteiger partial charge in [-0.2, -0.15) is 0 Å². The maximum atomic E-state index is 14.6. The van der Waals surface area contributed by atoms with E-state index in [0.717, 1.165) is 85.0 Å². The third-order valence-electron chi connectivity index (χ3n) is 11.8. The Balaban J connectivity index is 0.000000184. The van der Waals surface area contributed by atoms with Crippen LogP contribution in [0.3, 0.4) is 0 Å². The van der Waals surface area contributed by atoms with Crippen LogP contribution in [0.1, 0.15) is 111 Å². The lowest BCUT2D eigenvalue weighted by molar-refractivity contribution is -0.156. The van der Waals surface area contributed by atoms with E-state index in [0.29, 0.717) is 65.4 Å².